The number of aliphatic hydroxyl groups excluding tert-OH is 1. The SMILES string of the molecule is OCCn1cncc1C(F)(F)F. The zero-order chi connectivity index (χ0) is 9.19. The number of halogens is 3. The Bertz CT molecular complexity index is 256. The van der Waals surface area contributed by atoms with Gasteiger partial charge in [-0.2, -0.15) is 13.2 Å². The first-order valence-electron chi connectivity index (χ1n) is 3.24. The van der Waals surface area contributed by atoms with Gasteiger partial charge in [-0.3, -0.25) is 0 Å². The molecular weight excluding hydrogens is 173 g/mol. The molecule has 0 aliphatic heterocycles. The van der Waals surface area contributed by atoms with E-state index in [1.54, 1.807) is 0 Å². The van der Waals surface area contributed by atoms with E-state index < -0.39 is 11.9 Å². The third-order valence-corrected chi connectivity index (χ3v) is 1.34. The van der Waals surface area contributed by atoms with Crippen LogP contribution in [0.3, 0.4) is 0 Å². The van der Waals surface area contributed by atoms with Crippen molar-refractivity contribution in [2.24, 2.45) is 0 Å². The van der Waals surface area contributed by atoms with Crippen LogP contribution in [0.5, 0.6) is 0 Å². The highest BCUT2D eigenvalue weighted by molar-refractivity contribution is 5.02. The Morgan fingerprint density at radius 1 is 1.50 bits per heavy atom. The molecule has 0 saturated heterocycles. The predicted molar refractivity (Wildman–Crippen MR) is 34.3 cm³/mol. The fourth-order valence-electron chi connectivity index (χ4n) is 0.843. The van der Waals surface area contributed by atoms with E-state index in [0.717, 1.165) is 17.1 Å². The second-order valence-electron chi connectivity index (χ2n) is 2.19. The van der Waals surface area contributed by atoms with E-state index in [0.29, 0.717) is 0 Å². The standard InChI is InChI=1S/C6H7F3N2O/c7-6(8,9)5-3-10-4-11(5)1-2-12/h3-4,12H,1-2H2. The van der Waals surface area contributed by atoms with Crippen LogP contribution in [0.25, 0.3) is 0 Å². The van der Waals surface area contributed by atoms with Gasteiger partial charge in [0.05, 0.1) is 19.1 Å². The predicted octanol–water partition coefficient (Wildman–Crippen LogP) is 0.894. The summed E-state index contributed by atoms with van der Waals surface area (Å²) in [7, 11) is 0. The van der Waals surface area contributed by atoms with Gasteiger partial charge in [0, 0.05) is 6.54 Å². The van der Waals surface area contributed by atoms with Gasteiger partial charge >= 0.3 is 6.18 Å². The van der Waals surface area contributed by atoms with Crippen molar-refractivity contribution < 1.29 is 18.3 Å². The van der Waals surface area contributed by atoms with Crippen LogP contribution in [0, 0.1) is 0 Å². The molecule has 0 fully saturated rings. The van der Waals surface area contributed by atoms with E-state index in [9.17, 15) is 13.2 Å². The summed E-state index contributed by atoms with van der Waals surface area (Å²) in [6.45, 7) is -0.422. The molecule has 0 aromatic carbocycles. The summed E-state index contributed by atoms with van der Waals surface area (Å²) in [5.74, 6) is 0. The molecule has 1 aromatic heterocycles. The van der Waals surface area contributed by atoms with Crippen LogP contribution in [0.4, 0.5) is 13.2 Å². The number of hydrogen-bond acceptors (Lipinski definition) is 2. The first-order valence-corrected chi connectivity index (χ1v) is 3.24. The summed E-state index contributed by atoms with van der Waals surface area (Å²) in [4.78, 5) is 3.34. The smallest absolute Gasteiger partial charge is 0.395 e. The van der Waals surface area contributed by atoms with Crippen LogP contribution >= 0.6 is 0 Å². The normalized spacial score (nSPS) is 12.0. The fraction of sp³-hybridized carbons (Fsp3) is 0.500. The average Bonchev–Trinajstić information content (AvgIpc) is 2.34. The van der Waals surface area contributed by atoms with Gasteiger partial charge < -0.3 is 9.67 Å². The molecule has 0 saturated carbocycles. The molecule has 0 aliphatic carbocycles. The van der Waals surface area contributed by atoms with Crippen LogP contribution in [0.2, 0.25) is 0 Å². The van der Waals surface area contributed by atoms with E-state index in [2.05, 4.69) is 4.98 Å². The molecule has 1 heterocycles. The molecule has 0 atom stereocenters. The molecule has 0 spiro atoms. The highest BCUT2D eigenvalue weighted by Crippen LogP contribution is 2.28. The second-order valence-corrected chi connectivity index (χ2v) is 2.19. The lowest BCUT2D eigenvalue weighted by Crippen LogP contribution is -2.14. The first kappa shape index (κ1) is 9.05. The topological polar surface area (TPSA) is 38.0 Å². The van der Waals surface area contributed by atoms with E-state index in [1.807, 2.05) is 0 Å². The Kier molecular flexibility index (Phi) is 2.37. The molecule has 0 radical (unpaired) electrons. The molecule has 3 nitrogen and oxygen atoms in total. The molecule has 12 heavy (non-hydrogen) atoms. The maximum Gasteiger partial charge on any atom is 0.432 e. The van der Waals surface area contributed by atoms with E-state index in [4.69, 9.17) is 5.11 Å². The second kappa shape index (κ2) is 3.14. The van der Waals surface area contributed by atoms with Gasteiger partial charge in [-0.15, -0.1) is 0 Å². The average molecular weight is 180 g/mol. The minimum atomic E-state index is -4.40. The summed E-state index contributed by atoms with van der Waals surface area (Å²) in [5.41, 5.74) is -0.837. The third kappa shape index (κ3) is 1.76. The zero-order valence-corrected chi connectivity index (χ0v) is 6.04. The molecule has 0 bridgehead atoms. The van der Waals surface area contributed by atoms with Crippen molar-refractivity contribution in [1.82, 2.24) is 9.55 Å². The number of aliphatic hydroxyl groups is 1. The molecule has 6 heteroatoms. The van der Waals surface area contributed by atoms with Crippen molar-refractivity contribution >= 4 is 0 Å². The van der Waals surface area contributed by atoms with E-state index in [-0.39, 0.29) is 13.2 Å². The summed E-state index contributed by atoms with van der Waals surface area (Å²) in [6, 6.07) is 0. The molecule has 0 amide bonds. The Labute approximate surface area is 66.5 Å². The molecule has 1 N–H and O–H groups in total. The number of nitrogens with zero attached hydrogens (tertiary/aromatic N) is 2. The van der Waals surface area contributed by atoms with Crippen molar-refractivity contribution in [2.45, 2.75) is 12.7 Å². The van der Waals surface area contributed by atoms with Gasteiger partial charge in [-0.25, -0.2) is 4.98 Å². The van der Waals surface area contributed by atoms with Gasteiger partial charge in [-0.1, -0.05) is 0 Å². The van der Waals surface area contributed by atoms with Crippen molar-refractivity contribution in [3.63, 3.8) is 0 Å². The van der Waals surface area contributed by atoms with Crippen LogP contribution < -0.4 is 0 Å². The largest absolute Gasteiger partial charge is 0.432 e. The number of hydrogen-bond donors (Lipinski definition) is 1. The van der Waals surface area contributed by atoms with Crippen molar-refractivity contribution in [2.75, 3.05) is 6.61 Å². The summed E-state index contributed by atoms with van der Waals surface area (Å²) in [6.07, 6.45) is -2.62. The van der Waals surface area contributed by atoms with Crippen molar-refractivity contribution in [3.05, 3.63) is 18.2 Å². The molecule has 0 aliphatic rings. The minimum absolute atomic E-state index is 0.0884. The number of rotatable bonds is 2. The number of aromatic nitrogens is 2. The van der Waals surface area contributed by atoms with Gasteiger partial charge in [0.25, 0.3) is 0 Å². The monoisotopic (exact) mass is 180 g/mol. The zero-order valence-electron chi connectivity index (χ0n) is 6.04. The molecule has 1 aromatic rings. The van der Waals surface area contributed by atoms with Gasteiger partial charge in [-0.05, 0) is 0 Å². The van der Waals surface area contributed by atoms with Gasteiger partial charge in [0.15, 0.2) is 0 Å². The lowest BCUT2D eigenvalue weighted by atomic mass is 10.4. The Balaban J connectivity index is 2.91. The van der Waals surface area contributed by atoms with Crippen molar-refractivity contribution in [3.8, 4) is 0 Å². The highest BCUT2D eigenvalue weighted by Gasteiger charge is 2.34. The van der Waals surface area contributed by atoms with Crippen LogP contribution in [0.15, 0.2) is 12.5 Å². The maximum absolute atomic E-state index is 12.1. The minimum Gasteiger partial charge on any atom is -0.395 e. The van der Waals surface area contributed by atoms with Crippen molar-refractivity contribution in [1.29, 1.82) is 0 Å². The summed E-state index contributed by atoms with van der Waals surface area (Å²) < 4.78 is 37.0. The quantitative estimate of drug-likeness (QED) is 0.734. The number of alkyl halides is 3. The number of imidazole rings is 1. The Hall–Kier alpha value is -1.04. The van der Waals surface area contributed by atoms with Crippen LogP contribution in [-0.4, -0.2) is 21.3 Å². The van der Waals surface area contributed by atoms with E-state index in [1.165, 1.54) is 0 Å². The maximum atomic E-state index is 12.1. The van der Waals surface area contributed by atoms with Crippen LogP contribution in [-0.2, 0) is 12.7 Å². The third-order valence-electron chi connectivity index (χ3n) is 1.34. The lowest BCUT2D eigenvalue weighted by Gasteiger charge is -2.08. The lowest BCUT2D eigenvalue weighted by molar-refractivity contribution is -0.143. The Morgan fingerprint density at radius 3 is 2.67 bits per heavy atom. The van der Waals surface area contributed by atoms with Gasteiger partial charge in [0.1, 0.15) is 5.69 Å². The molecule has 0 unspecified atom stereocenters. The van der Waals surface area contributed by atoms with Gasteiger partial charge in [0.2, 0.25) is 0 Å². The molecule has 1 rings (SSSR count). The first-order chi connectivity index (χ1) is 5.55. The summed E-state index contributed by atoms with van der Waals surface area (Å²) >= 11 is 0. The highest BCUT2D eigenvalue weighted by atomic mass is 19.4. The molecular formula is C6H7F3N2O. The Morgan fingerprint density at radius 2 is 2.17 bits per heavy atom. The summed E-state index contributed by atoms with van der Waals surface area (Å²) in [5, 5.41) is 8.41. The molecule has 68 valence electrons. The van der Waals surface area contributed by atoms with Crippen LogP contribution in [0.1, 0.15) is 5.69 Å². The van der Waals surface area contributed by atoms with E-state index >= 15 is 0 Å². The fourth-order valence-corrected chi connectivity index (χ4v) is 0.843.